The molecule has 0 saturated carbocycles. The molecule has 0 aromatic heterocycles. The second-order valence-electron chi connectivity index (χ2n) is 3.67. The van der Waals surface area contributed by atoms with Crippen LogP contribution in [-0.4, -0.2) is 35.0 Å². The van der Waals surface area contributed by atoms with Gasteiger partial charge in [0, 0.05) is 6.08 Å². The van der Waals surface area contributed by atoms with Crippen LogP contribution >= 0.6 is 23.2 Å². The second-order valence-corrected chi connectivity index (χ2v) is 4.52. The molecule has 1 heterocycles. The first kappa shape index (κ1) is 13.1. The fourth-order valence-corrected chi connectivity index (χ4v) is 2.35. The van der Waals surface area contributed by atoms with Crippen molar-refractivity contribution in [2.75, 3.05) is 6.61 Å². The van der Waals surface area contributed by atoms with Gasteiger partial charge in [0.2, 0.25) is 5.60 Å². The van der Waals surface area contributed by atoms with Crippen molar-refractivity contribution in [3.05, 3.63) is 23.3 Å². The van der Waals surface area contributed by atoms with E-state index in [1.165, 1.54) is 18.2 Å². The summed E-state index contributed by atoms with van der Waals surface area (Å²) in [4.78, 5) is 27.9. The normalized spacial score (nSPS) is 29.9. The molecule has 2 rings (SSSR count). The molecule has 0 aromatic carbocycles. The Morgan fingerprint density at radius 3 is 3.00 bits per heavy atom. The lowest BCUT2D eigenvalue weighted by Crippen LogP contribution is -2.42. The van der Waals surface area contributed by atoms with Gasteiger partial charge in [0.05, 0.1) is 11.6 Å². The van der Waals surface area contributed by atoms with Crippen molar-refractivity contribution in [1.82, 2.24) is 0 Å². The Balaban J connectivity index is 2.27. The number of hydrogen-bond acceptors (Lipinski definition) is 5. The van der Waals surface area contributed by atoms with Gasteiger partial charge in [-0.3, -0.25) is 4.79 Å². The summed E-state index contributed by atoms with van der Waals surface area (Å²) in [5, 5.41) is 2.75. The summed E-state index contributed by atoms with van der Waals surface area (Å²) in [6.45, 7) is 1.87. The molecule has 18 heavy (non-hydrogen) atoms. The van der Waals surface area contributed by atoms with Crippen molar-refractivity contribution in [2.24, 2.45) is 5.16 Å². The zero-order chi connectivity index (χ0) is 13.3. The fourth-order valence-electron chi connectivity index (χ4n) is 1.62. The molecular weight excluding hydrogens is 281 g/mol. The zero-order valence-corrected chi connectivity index (χ0v) is 10.9. The number of alkyl halides is 1. The summed E-state index contributed by atoms with van der Waals surface area (Å²) in [5.74, 6) is -0.938. The molecule has 0 amide bonds. The molecule has 7 heteroatoms. The largest absolute Gasteiger partial charge is 0.461 e. The van der Waals surface area contributed by atoms with Crippen LogP contribution < -0.4 is 0 Å². The maximum absolute atomic E-state index is 11.6. The minimum Gasteiger partial charge on any atom is -0.461 e. The zero-order valence-electron chi connectivity index (χ0n) is 9.35. The monoisotopic (exact) mass is 289 g/mol. The smallest absolute Gasteiger partial charge is 0.357 e. The SMILES string of the molecule is CCOC(=O)C1=NO[C@]2(C=CC(=O)C=C2Cl)[C@@H]1Cl. The number of ketones is 1. The predicted octanol–water partition coefficient (Wildman–Crippen LogP) is 1.54. The number of allylic oxidation sites excluding steroid dienone is 2. The Morgan fingerprint density at radius 1 is 1.67 bits per heavy atom. The Morgan fingerprint density at radius 2 is 2.39 bits per heavy atom. The highest BCUT2D eigenvalue weighted by Gasteiger charge is 2.52. The summed E-state index contributed by atoms with van der Waals surface area (Å²) >= 11 is 12.1. The highest BCUT2D eigenvalue weighted by atomic mass is 35.5. The number of nitrogens with zero attached hydrogens (tertiary/aromatic N) is 1. The highest BCUT2D eigenvalue weighted by Crippen LogP contribution is 2.40. The molecule has 2 atom stereocenters. The van der Waals surface area contributed by atoms with Gasteiger partial charge in [0.25, 0.3) is 0 Å². The van der Waals surface area contributed by atoms with Gasteiger partial charge >= 0.3 is 5.97 Å². The molecule has 1 aliphatic carbocycles. The quantitative estimate of drug-likeness (QED) is 0.571. The Bertz CT molecular complexity index is 497. The third-order valence-corrected chi connectivity index (χ3v) is 3.47. The topological polar surface area (TPSA) is 65.0 Å². The summed E-state index contributed by atoms with van der Waals surface area (Å²) in [6.07, 6.45) is 3.84. The molecule has 0 fully saturated rings. The molecule has 0 N–H and O–H groups in total. The first-order valence-electron chi connectivity index (χ1n) is 5.19. The first-order chi connectivity index (χ1) is 8.51. The molecule has 5 nitrogen and oxygen atoms in total. The maximum Gasteiger partial charge on any atom is 0.357 e. The van der Waals surface area contributed by atoms with Gasteiger partial charge in [-0.15, -0.1) is 11.6 Å². The van der Waals surface area contributed by atoms with Crippen molar-refractivity contribution in [1.29, 1.82) is 0 Å². The fraction of sp³-hybridized carbons (Fsp3) is 0.364. The third kappa shape index (κ3) is 1.93. The van der Waals surface area contributed by atoms with E-state index in [0.29, 0.717) is 0 Å². The van der Waals surface area contributed by atoms with E-state index in [-0.39, 0.29) is 23.1 Å². The van der Waals surface area contributed by atoms with E-state index in [4.69, 9.17) is 32.8 Å². The Kier molecular flexibility index (Phi) is 3.45. The van der Waals surface area contributed by atoms with Crippen LogP contribution in [-0.2, 0) is 19.2 Å². The summed E-state index contributed by atoms with van der Waals surface area (Å²) in [5.41, 5.74) is -1.36. The van der Waals surface area contributed by atoms with Gasteiger partial charge in [-0.2, -0.15) is 0 Å². The molecule has 0 radical (unpaired) electrons. The Labute approximate surface area is 113 Å². The lowest BCUT2D eigenvalue weighted by molar-refractivity contribution is -0.135. The van der Waals surface area contributed by atoms with E-state index < -0.39 is 16.9 Å². The number of rotatable bonds is 2. The molecule has 0 saturated heterocycles. The van der Waals surface area contributed by atoms with Crippen LogP contribution in [0.1, 0.15) is 6.92 Å². The highest BCUT2D eigenvalue weighted by molar-refractivity contribution is 6.51. The number of hydrogen-bond donors (Lipinski definition) is 0. The molecule has 0 unspecified atom stereocenters. The van der Waals surface area contributed by atoms with E-state index >= 15 is 0 Å². The minimum atomic E-state index is -1.29. The molecular formula is C11H9Cl2NO4. The van der Waals surface area contributed by atoms with Gasteiger partial charge in [-0.05, 0) is 19.1 Å². The number of halogens is 2. The third-order valence-electron chi connectivity index (χ3n) is 2.53. The molecule has 1 aliphatic heterocycles. The van der Waals surface area contributed by atoms with Crippen LogP contribution in [0.25, 0.3) is 0 Å². The first-order valence-corrected chi connectivity index (χ1v) is 6.01. The number of carbonyl (C=O) groups excluding carboxylic acids is 2. The Hall–Kier alpha value is -1.33. The van der Waals surface area contributed by atoms with Crippen LogP contribution in [0, 0.1) is 0 Å². The van der Waals surface area contributed by atoms with Gasteiger partial charge in [0.1, 0.15) is 5.38 Å². The van der Waals surface area contributed by atoms with Gasteiger partial charge < -0.3 is 9.57 Å². The van der Waals surface area contributed by atoms with Crippen molar-refractivity contribution in [3.63, 3.8) is 0 Å². The molecule has 0 aromatic rings. The van der Waals surface area contributed by atoms with E-state index in [1.54, 1.807) is 6.92 Å². The number of esters is 1. The van der Waals surface area contributed by atoms with Crippen LogP contribution in [0.5, 0.6) is 0 Å². The minimum absolute atomic E-state index is 0.0657. The molecule has 96 valence electrons. The summed E-state index contributed by atoms with van der Waals surface area (Å²) < 4.78 is 4.80. The number of oxime groups is 1. The van der Waals surface area contributed by atoms with E-state index in [0.717, 1.165) is 0 Å². The van der Waals surface area contributed by atoms with Crippen LogP contribution in [0.2, 0.25) is 0 Å². The van der Waals surface area contributed by atoms with Gasteiger partial charge in [0.15, 0.2) is 11.5 Å². The lowest BCUT2D eigenvalue weighted by Gasteiger charge is -2.27. The maximum atomic E-state index is 11.6. The average Bonchev–Trinajstić information content (AvgIpc) is 2.64. The summed E-state index contributed by atoms with van der Waals surface area (Å²) in [7, 11) is 0. The van der Waals surface area contributed by atoms with Crippen molar-refractivity contribution in [2.45, 2.75) is 17.9 Å². The van der Waals surface area contributed by atoms with Crippen LogP contribution in [0.4, 0.5) is 0 Å². The number of ether oxygens (including phenoxy) is 1. The molecule has 1 spiro atoms. The van der Waals surface area contributed by atoms with Crippen LogP contribution in [0.15, 0.2) is 28.4 Å². The van der Waals surface area contributed by atoms with Crippen molar-refractivity contribution in [3.8, 4) is 0 Å². The summed E-state index contributed by atoms with van der Waals surface area (Å²) in [6, 6.07) is 0. The molecule has 0 bridgehead atoms. The molecule has 2 aliphatic rings. The second kappa shape index (κ2) is 4.74. The number of carbonyl (C=O) groups is 2. The van der Waals surface area contributed by atoms with Gasteiger partial charge in [-0.25, -0.2) is 4.79 Å². The average molecular weight is 290 g/mol. The van der Waals surface area contributed by atoms with Gasteiger partial charge in [-0.1, -0.05) is 16.8 Å². The predicted molar refractivity (Wildman–Crippen MR) is 65.6 cm³/mol. The van der Waals surface area contributed by atoms with E-state index in [1.807, 2.05) is 0 Å². The standard InChI is InChI=1S/C11H9Cl2NO4/c1-2-17-10(16)8-9(13)11(18-14-8)4-3-6(15)5-7(11)12/h3-5,9H,2H2,1H3/t9-,11+/m1/s1. The van der Waals surface area contributed by atoms with Crippen molar-refractivity contribution >= 4 is 40.7 Å². The lowest BCUT2D eigenvalue weighted by atomic mass is 9.91. The van der Waals surface area contributed by atoms with Crippen molar-refractivity contribution < 1.29 is 19.2 Å². The van der Waals surface area contributed by atoms with E-state index in [9.17, 15) is 9.59 Å². The van der Waals surface area contributed by atoms with Crippen LogP contribution in [0.3, 0.4) is 0 Å². The van der Waals surface area contributed by atoms with E-state index in [2.05, 4.69) is 5.16 Å².